The molecule has 0 N–H and O–H groups in total. The van der Waals surface area contributed by atoms with Crippen molar-refractivity contribution in [1.82, 2.24) is 0 Å². The van der Waals surface area contributed by atoms with Crippen LogP contribution in [-0.2, 0) is 6.18 Å². The van der Waals surface area contributed by atoms with Crippen LogP contribution in [0.3, 0.4) is 0 Å². The normalized spacial score (nSPS) is 18.2. The molecule has 2 aromatic carbocycles. The van der Waals surface area contributed by atoms with E-state index < -0.39 is 11.7 Å². The average Bonchev–Trinajstić information content (AvgIpc) is 3.55. The second-order valence-corrected chi connectivity index (χ2v) is 8.70. The summed E-state index contributed by atoms with van der Waals surface area (Å²) in [5.41, 5.74) is 1.94. The summed E-state index contributed by atoms with van der Waals surface area (Å²) < 4.78 is 44.8. The van der Waals surface area contributed by atoms with Gasteiger partial charge in [0.1, 0.15) is 5.75 Å². The lowest BCUT2D eigenvalue weighted by molar-refractivity contribution is -0.137. The second-order valence-electron chi connectivity index (χ2n) is 8.29. The van der Waals surface area contributed by atoms with Gasteiger partial charge < -0.3 is 4.74 Å². The largest absolute Gasteiger partial charge is 0.491 e. The van der Waals surface area contributed by atoms with E-state index in [1.54, 1.807) is 0 Å². The van der Waals surface area contributed by atoms with E-state index in [4.69, 9.17) is 16.3 Å². The van der Waals surface area contributed by atoms with E-state index in [1.807, 2.05) is 12.1 Å². The zero-order chi connectivity index (χ0) is 19.9. The van der Waals surface area contributed by atoms with Gasteiger partial charge in [0.05, 0.1) is 17.2 Å². The Hall–Kier alpha value is -1.68. The van der Waals surface area contributed by atoms with E-state index >= 15 is 0 Å². The summed E-state index contributed by atoms with van der Waals surface area (Å²) in [6, 6.07) is 9.26. The van der Waals surface area contributed by atoms with Crippen LogP contribution in [0, 0.1) is 11.8 Å². The summed E-state index contributed by atoms with van der Waals surface area (Å²) in [5.74, 6) is 2.28. The molecule has 1 nitrogen and oxygen atoms in total. The number of ether oxygens (including phenoxy) is 1. The molecule has 0 saturated heterocycles. The van der Waals surface area contributed by atoms with Gasteiger partial charge in [0.15, 0.2) is 0 Å². The van der Waals surface area contributed by atoms with E-state index in [2.05, 4.69) is 6.92 Å². The van der Waals surface area contributed by atoms with E-state index in [0.29, 0.717) is 34.8 Å². The van der Waals surface area contributed by atoms with Gasteiger partial charge in [-0.25, -0.2) is 0 Å². The zero-order valence-electron chi connectivity index (χ0n) is 15.9. The number of rotatable bonds is 7. The molecule has 0 heterocycles. The van der Waals surface area contributed by atoms with Gasteiger partial charge in [0.2, 0.25) is 0 Å². The van der Waals surface area contributed by atoms with E-state index in [-0.39, 0.29) is 0 Å². The molecule has 28 heavy (non-hydrogen) atoms. The molecule has 5 heteroatoms. The predicted octanol–water partition coefficient (Wildman–Crippen LogP) is 7.72. The molecular weight excluding hydrogens is 385 g/mol. The van der Waals surface area contributed by atoms with Gasteiger partial charge in [-0.3, -0.25) is 0 Å². The molecule has 2 saturated carbocycles. The first-order chi connectivity index (χ1) is 13.3. The maximum Gasteiger partial charge on any atom is 0.416 e. The number of hydrogen-bond donors (Lipinski definition) is 0. The Morgan fingerprint density at radius 1 is 1.04 bits per heavy atom. The van der Waals surface area contributed by atoms with Crippen LogP contribution in [0.15, 0.2) is 36.4 Å². The lowest BCUT2D eigenvalue weighted by atomic mass is 9.91. The first-order valence-electron chi connectivity index (χ1n) is 9.95. The molecule has 0 spiro atoms. The molecule has 2 aromatic rings. The molecule has 2 aliphatic rings. The van der Waals surface area contributed by atoms with Crippen LogP contribution in [0.2, 0.25) is 5.02 Å². The van der Waals surface area contributed by atoms with Crippen LogP contribution in [0.4, 0.5) is 13.2 Å². The third kappa shape index (κ3) is 4.65. The fraction of sp³-hybridized carbons (Fsp3) is 0.478. The molecule has 0 aliphatic heterocycles. The first kappa shape index (κ1) is 19.6. The van der Waals surface area contributed by atoms with Gasteiger partial charge in [0.25, 0.3) is 0 Å². The highest BCUT2D eigenvalue weighted by molar-refractivity contribution is 6.32. The van der Waals surface area contributed by atoms with Crippen LogP contribution in [0.1, 0.15) is 56.1 Å². The van der Waals surface area contributed by atoms with Crippen molar-refractivity contribution in [1.29, 1.82) is 0 Å². The molecule has 4 rings (SSSR count). The molecule has 0 radical (unpaired) electrons. The molecule has 0 aromatic heterocycles. The minimum atomic E-state index is -4.35. The van der Waals surface area contributed by atoms with Crippen molar-refractivity contribution in [3.05, 3.63) is 52.5 Å². The standard InChI is InChI=1S/C23H24ClF3O/c1-14(10-15-2-3-15)18-11-20(17-6-8-19(9-7-17)23(25,26)27)22(21(24)12-18)28-13-16-4-5-16/h6-9,11-12,14-16H,2-5,10,13H2,1H3. The molecule has 2 aliphatic carbocycles. The Morgan fingerprint density at radius 2 is 1.68 bits per heavy atom. The summed E-state index contributed by atoms with van der Waals surface area (Å²) in [6.45, 7) is 2.79. The lowest BCUT2D eigenvalue weighted by Gasteiger charge is -2.19. The quantitative estimate of drug-likeness (QED) is 0.455. The maximum absolute atomic E-state index is 12.9. The van der Waals surface area contributed by atoms with Crippen molar-refractivity contribution in [3.8, 4) is 16.9 Å². The highest BCUT2D eigenvalue weighted by atomic mass is 35.5. The fourth-order valence-electron chi connectivity index (χ4n) is 3.57. The lowest BCUT2D eigenvalue weighted by Crippen LogP contribution is -2.05. The zero-order valence-corrected chi connectivity index (χ0v) is 16.6. The molecule has 1 atom stereocenters. The fourth-order valence-corrected chi connectivity index (χ4v) is 3.86. The monoisotopic (exact) mass is 408 g/mol. The third-order valence-electron chi connectivity index (χ3n) is 5.70. The summed E-state index contributed by atoms with van der Waals surface area (Å²) in [6.07, 6.45) is 1.65. The van der Waals surface area contributed by atoms with Gasteiger partial charge in [-0.05, 0) is 72.4 Å². The van der Waals surface area contributed by atoms with Crippen molar-refractivity contribution < 1.29 is 17.9 Å². The second kappa shape index (κ2) is 7.62. The SMILES string of the molecule is CC(CC1CC1)c1cc(Cl)c(OCC2CC2)c(-c2ccc(C(F)(F)F)cc2)c1. The molecule has 1 unspecified atom stereocenters. The molecule has 0 bridgehead atoms. The number of halogens is 4. The number of alkyl halides is 3. The van der Waals surface area contributed by atoms with Crippen LogP contribution in [0.5, 0.6) is 5.75 Å². The highest BCUT2D eigenvalue weighted by Gasteiger charge is 2.30. The number of benzene rings is 2. The van der Waals surface area contributed by atoms with Crippen molar-refractivity contribution in [3.63, 3.8) is 0 Å². The predicted molar refractivity (Wildman–Crippen MR) is 106 cm³/mol. The summed E-state index contributed by atoms with van der Waals surface area (Å²) >= 11 is 6.58. The Morgan fingerprint density at radius 3 is 2.25 bits per heavy atom. The highest BCUT2D eigenvalue weighted by Crippen LogP contribution is 2.44. The van der Waals surface area contributed by atoms with Crippen molar-refractivity contribution in [2.75, 3.05) is 6.61 Å². The summed E-state index contributed by atoms with van der Waals surface area (Å²) in [5, 5.41) is 0.538. The Kier molecular flexibility index (Phi) is 5.34. The smallest absolute Gasteiger partial charge is 0.416 e. The maximum atomic E-state index is 12.9. The molecule has 2 fully saturated rings. The van der Waals surface area contributed by atoms with Crippen LogP contribution in [0.25, 0.3) is 11.1 Å². The van der Waals surface area contributed by atoms with Crippen molar-refractivity contribution in [2.24, 2.45) is 11.8 Å². The molecule has 0 amide bonds. The van der Waals surface area contributed by atoms with Crippen LogP contribution < -0.4 is 4.74 Å². The van der Waals surface area contributed by atoms with Crippen LogP contribution in [-0.4, -0.2) is 6.61 Å². The molecule has 150 valence electrons. The molecular formula is C23H24ClF3O. The van der Waals surface area contributed by atoms with E-state index in [9.17, 15) is 13.2 Å². The summed E-state index contributed by atoms with van der Waals surface area (Å²) in [4.78, 5) is 0. The van der Waals surface area contributed by atoms with Gasteiger partial charge in [-0.2, -0.15) is 13.2 Å². The Bertz CT molecular complexity index is 836. The first-order valence-corrected chi connectivity index (χ1v) is 10.3. The van der Waals surface area contributed by atoms with Crippen LogP contribution >= 0.6 is 11.6 Å². The Balaban J connectivity index is 1.69. The van der Waals surface area contributed by atoms with Crippen molar-refractivity contribution in [2.45, 2.75) is 51.1 Å². The van der Waals surface area contributed by atoms with Gasteiger partial charge >= 0.3 is 6.18 Å². The van der Waals surface area contributed by atoms with E-state index in [0.717, 1.165) is 48.4 Å². The average molecular weight is 409 g/mol. The topological polar surface area (TPSA) is 9.23 Å². The minimum absolute atomic E-state index is 0.357. The van der Waals surface area contributed by atoms with E-state index in [1.165, 1.54) is 25.0 Å². The van der Waals surface area contributed by atoms with Crippen molar-refractivity contribution >= 4 is 11.6 Å². The summed E-state index contributed by atoms with van der Waals surface area (Å²) in [7, 11) is 0. The van der Waals surface area contributed by atoms with Gasteiger partial charge in [0, 0.05) is 5.56 Å². The van der Waals surface area contributed by atoms with Gasteiger partial charge in [-0.15, -0.1) is 0 Å². The van der Waals surface area contributed by atoms with Gasteiger partial charge in [-0.1, -0.05) is 43.5 Å². The number of hydrogen-bond acceptors (Lipinski definition) is 1. The minimum Gasteiger partial charge on any atom is -0.491 e. The Labute approximate surface area is 168 Å². The third-order valence-corrected chi connectivity index (χ3v) is 5.98.